The number of ketones is 1. The van der Waals surface area contributed by atoms with Gasteiger partial charge in [0.2, 0.25) is 0 Å². The summed E-state index contributed by atoms with van der Waals surface area (Å²) in [7, 11) is 0. The zero-order valence-corrected chi connectivity index (χ0v) is 21.3. The Kier molecular flexibility index (Phi) is 6.59. The average molecular weight is 490 g/mol. The van der Waals surface area contributed by atoms with Crippen molar-refractivity contribution in [1.82, 2.24) is 9.80 Å². The Bertz CT molecular complexity index is 1030. The van der Waals surface area contributed by atoms with E-state index in [-0.39, 0.29) is 30.3 Å². The van der Waals surface area contributed by atoms with Gasteiger partial charge in [-0.15, -0.1) is 0 Å². The Morgan fingerprint density at radius 1 is 1.23 bits per heavy atom. The minimum absolute atomic E-state index is 0.0626. The Morgan fingerprint density at radius 2 is 1.86 bits per heavy atom. The molecule has 4 rings (SSSR count). The Morgan fingerprint density at radius 3 is 2.37 bits per heavy atom. The number of carboxylic acid groups (broad SMARTS) is 1. The first-order chi connectivity index (χ1) is 16.4. The molecule has 3 aliphatic rings. The van der Waals surface area contributed by atoms with E-state index in [0.29, 0.717) is 18.8 Å². The van der Waals surface area contributed by atoms with Crippen LogP contribution >= 0.6 is 0 Å². The van der Waals surface area contributed by atoms with E-state index in [0.717, 1.165) is 25.7 Å². The van der Waals surface area contributed by atoms with Gasteiger partial charge < -0.3 is 19.6 Å². The molecule has 0 radical (unpaired) electrons. The molecule has 1 aromatic rings. The van der Waals surface area contributed by atoms with Crippen LogP contribution in [0.2, 0.25) is 0 Å². The van der Waals surface area contributed by atoms with Crippen molar-refractivity contribution >= 4 is 23.5 Å². The Hall–Kier alpha value is -2.68. The maximum Gasteiger partial charge on any atom is 0.410 e. The van der Waals surface area contributed by atoms with Gasteiger partial charge in [0.25, 0.3) is 0 Å². The summed E-state index contributed by atoms with van der Waals surface area (Å²) in [5.41, 5.74) is -1.94. The molecule has 8 nitrogen and oxygen atoms in total. The van der Waals surface area contributed by atoms with Gasteiger partial charge in [0.15, 0.2) is 11.2 Å². The second kappa shape index (κ2) is 9.08. The molecular weight excluding hydrogens is 453 g/mol. The summed E-state index contributed by atoms with van der Waals surface area (Å²) in [6.45, 7) is 9.59. The molecule has 1 saturated heterocycles. The van der Waals surface area contributed by atoms with E-state index in [2.05, 4.69) is 4.90 Å². The summed E-state index contributed by atoms with van der Waals surface area (Å²) in [4.78, 5) is 46.0. The number of carbonyl (C=O) groups excluding carboxylic acids is 2. The van der Waals surface area contributed by atoms with Gasteiger partial charge in [-0.3, -0.25) is 14.5 Å². The summed E-state index contributed by atoms with van der Waals surface area (Å²) in [6, 6.07) is 3.02. The SMILES string of the molecule is CCN(CC1(C(=O)O)C(=O)c2c(ccc(F)c2C)N(C2CC2)C1N1CCCC1)C(=O)OC(C)(C)C. The molecule has 35 heavy (non-hydrogen) atoms. The van der Waals surface area contributed by atoms with Crippen LogP contribution in [-0.4, -0.2) is 76.7 Å². The van der Waals surface area contributed by atoms with Crippen molar-refractivity contribution in [2.24, 2.45) is 5.41 Å². The van der Waals surface area contributed by atoms with Crippen LogP contribution in [0.5, 0.6) is 0 Å². The number of nitrogens with zero attached hydrogens (tertiary/aromatic N) is 3. The van der Waals surface area contributed by atoms with E-state index >= 15 is 0 Å². The summed E-state index contributed by atoms with van der Waals surface area (Å²) in [5.74, 6) is -2.50. The molecule has 192 valence electrons. The first-order valence-electron chi connectivity index (χ1n) is 12.5. The first kappa shape index (κ1) is 25.4. The van der Waals surface area contributed by atoms with Gasteiger partial charge in [0, 0.05) is 36.9 Å². The number of hydrogen-bond donors (Lipinski definition) is 1. The number of aliphatic carboxylic acids is 1. The molecule has 0 bridgehead atoms. The zero-order valence-electron chi connectivity index (χ0n) is 21.3. The van der Waals surface area contributed by atoms with Crippen LogP contribution in [0, 0.1) is 18.2 Å². The van der Waals surface area contributed by atoms with Crippen LogP contribution in [0.3, 0.4) is 0 Å². The second-order valence-electron chi connectivity index (χ2n) is 10.9. The predicted molar refractivity (Wildman–Crippen MR) is 129 cm³/mol. The predicted octanol–water partition coefficient (Wildman–Crippen LogP) is 4.05. The molecule has 9 heteroatoms. The van der Waals surface area contributed by atoms with Crippen LogP contribution in [0.15, 0.2) is 12.1 Å². The van der Waals surface area contributed by atoms with Gasteiger partial charge in [-0.1, -0.05) is 0 Å². The van der Waals surface area contributed by atoms with Crippen molar-refractivity contribution in [3.8, 4) is 0 Å². The number of carbonyl (C=O) groups is 3. The monoisotopic (exact) mass is 489 g/mol. The number of amides is 1. The highest BCUT2D eigenvalue weighted by atomic mass is 19.1. The normalized spacial score (nSPS) is 24.9. The summed E-state index contributed by atoms with van der Waals surface area (Å²) in [6.07, 6.45) is 2.08. The van der Waals surface area contributed by atoms with Crippen LogP contribution in [-0.2, 0) is 9.53 Å². The first-order valence-corrected chi connectivity index (χ1v) is 12.5. The van der Waals surface area contributed by atoms with Crippen LogP contribution < -0.4 is 4.90 Å². The van der Waals surface area contributed by atoms with Crippen LogP contribution in [0.25, 0.3) is 0 Å². The smallest absolute Gasteiger partial charge is 0.410 e. The van der Waals surface area contributed by atoms with E-state index in [4.69, 9.17) is 4.74 Å². The average Bonchev–Trinajstić information content (AvgIpc) is 3.47. The number of benzene rings is 1. The Labute approximate surface area is 206 Å². The fourth-order valence-corrected chi connectivity index (χ4v) is 5.47. The Balaban J connectivity index is 1.91. The molecule has 2 heterocycles. The third-order valence-electron chi connectivity index (χ3n) is 7.27. The fourth-order valence-electron chi connectivity index (χ4n) is 5.47. The maximum atomic E-state index is 14.7. The number of halogens is 1. The topological polar surface area (TPSA) is 90.4 Å². The highest BCUT2D eigenvalue weighted by molar-refractivity contribution is 6.18. The van der Waals surface area contributed by atoms with Gasteiger partial charge in [-0.25, -0.2) is 9.18 Å². The quantitative estimate of drug-likeness (QED) is 0.603. The lowest BCUT2D eigenvalue weighted by Gasteiger charge is -2.52. The lowest BCUT2D eigenvalue weighted by Crippen LogP contribution is -2.70. The van der Waals surface area contributed by atoms with Gasteiger partial charge in [0.05, 0.1) is 6.54 Å². The molecule has 0 spiro atoms. The van der Waals surface area contributed by atoms with Crippen LogP contribution in [0.1, 0.15) is 69.3 Å². The molecule has 1 amide bonds. The molecule has 2 atom stereocenters. The molecule has 1 aromatic carbocycles. The summed E-state index contributed by atoms with van der Waals surface area (Å²) < 4.78 is 20.3. The molecule has 0 aromatic heterocycles. The highest BCUT2D eigenvalue weighted by Crippen LogP contribution is 2.50. The number of anilines is 1. The lowest BCUT2D eigenvalue weighted by atomic mass is 9.71. The van der Waals surface area contributed by atoms with Crippen molar-refractivity contribution in [2.75, 3.05) is 31.1 Å². The third kappa shape index (κ3) is 4.39. The number of carboxylic acids is 1. The van der Waals surface area contributed by atoms with Crippen molar-refractivity contribution in [1.29, 1.82) is 0 Å². The standard InChI is InChI=1S/C26H36FN3O5/c1-6-28(24(34)35-25(3,4)5)15-26(23(32)33)21(31)20-16(2)18(27)11-12-19(20)30(17-9-10-17)22(26)29-13-7-8-14-29/h11-12,17,22H,6-10,13-15H2,1-5H3,(H,32,33). The van der Waals surface area contributed by atoms with Crippen molar-refractivity contribution in [3.63, 3.8) is 0 Å². The van der Waals surface area contributed by atoms with Crippen LogP contribution in [0.4, 0.5) is 14.9 Å². The molecule has 2 aliphatic heterocycles. The largest absolute Gasteiger partial charge is 0.480 e. The maximum absolute atomic E-state index is 14.7. The molecule has 2 unspecified atom stereocenters. The van der Waals surface area contributed by atoms with E-state index < -0.39 is 40.8 Å². The minimum Gasteiger partial charge on any atom is -0.480 e. The molecular formula is C26H36FN3O5. The zero-order chi connectivity index (χ0) is 25.7. The van der Waals surface area contributed by atoms with Crippen molar-refractivity contribution in [3.05, 3.63) is 29.1 Å². The fraction of sp³-hybridized carbons (Fsp3) is 0.654. The van der Waals surface area contributed by atoms with E-state index in [1.807, 2.05) is 4.90 Å². The number of rotatable bonds is 6. The van der Waals surface area contributed by atoms with E-state index in [9.17, 15) is 23.9 Å². The van der Waals surface area contributed by atoms with E-state index in [1.54, 1.807) is 33.8 Å². The molecule has 2 fully saturated rings. The number of Topliss-reactive ketones (excluding diaryl/α,β-unsaturated/α-hetero) is 1. The van der Waals surface area contributed by atoms with Crippen molar-refractivity contribution < 1.29 is 28.6 Å². The summed E-state index contributed by atoms with van der Waals surface area (Å²) in [5, 5.41) is 10.8. The van der Waals surface area contributed by atoms with Crippen molar-refractivity contribution in [2.45, 2.75) is 78.1 Å². The third-order valence-corrected chi connectivity index (χ3v) is 7.27. The van der Waals surface area contributed by atoms with Gasteiger partial charge in [-0.2, -0.15) is 0 Å². The molecule has 1 N–H and O–H groups in total. The van der Waals surface area contributed by atoms with Gasteiger partial charge >= 0.3 is 12.1 Å². The number of fused-ring (bicyclic) bond motifs is 1. The second-order valence-corrected chi connectivity index (χ2v) is 10.9. The molecule has 1 saturated carbocycles. The van der Waals surface area contributed by atoms with Gasteiger partial charge in [-0.05, 0) is 78.0 Å². The highest BCUT2D eigenvalue weighted by Gasteiger charge is 2.63. The molecule has 1 aliphatic carbocycles. The number of ether oxygens (including phenoxy) is 1. The lowest BCUT2D eigenvalue weighted by molar-refractivity contribution is -0.151. The van der Waals surface area contributed by atoms with E-state index in [1.165, 1.54) is 17.9 Å². The summed E-state index contributed by atoms with van der Waals surface area (Å²) >= 11 is 0. The van der Waals surface area contributed by atoms with Gasteiger partial charge in [0.1, 0.15) is 17.6 Å². The number of likely N-dealkylation sites (tertiary alicyclic amines) is 1. The minimum atomic E-state index is -1.99. The number of hydrogen-bond acceptors (Lipinski definition) is 6.